The summed E-state index contributed by atoms with van der Waals surface area (Å²) in [5, 5.41) is 11.0. The Kier molecular flexibility index (Phi) is 2.71. The molecule has 1 aromatic heterocycles. The predicted molar refractivity (Wildman–Crippen MR) is 44.4 cm³/mol. The number of hydrogen-bond acceptors (Lipinski definition) is 1. The van der Waals surface area contributed by atoms with Crippen molar-refractivity contribution in [3.8, 4) is 0 Å². The van der Waals surface area contributed by atoms with Crippen LogP contribution in [0.15, 0.2) is 18.3 Å². The van der Waals surface area contributed by atoms with Gasteiger partial charge in [0.2, 0.25) is 0 Å². The molecule has 11 heavy (non-hydrogen) atoms. The van der Waals surface area contributed by atoms with Crippen LogP contribution in [0.25, 0.3) is 0 Å². The molecule has 0 bridgehead atoms. The highest BCUT2D eigenvalue weighted by Crippen LogP contribution is 2.06. The molecule has 0 N–H and O–H groups in total. The summed E-state index contributed by atoms with van der Waals surface area (Å²) < 4.78 is 0.653. The number of aryl methyl sites for hydroxylation is 1. The Hall–Kier alpha value is -0.760. The van der Waals surface area contributed by atoms with Crippen LogP contribution < -0.4 is 4.73 Å². The lowest BCUT2D eigenvalue weighted by molar-refractivity contribution is -0.603. The second kappa shape index (κ2) is 3.58. The first-order valence-electron chi connectivity index (χ1n) is 3.61. The maximum absolute atomic E-state index is 10.8. The average molecular weight is 172 g/mol. The van der Waals surface area contributed by atoms with Crippen LogP contribution in [0.1, 0.15) is 18.9 Å². The molecule has 0 saturated heterocycles. The van der Waals surface area contributed by atoms with Gasteiger partial charge in [-0.05, 0) is 23.6 Å². The Morgan fingerprint density at radius 2 is 2.36 bits per heavy atom. The van der Waals surface area contributed by atoms with E-state index in [9.17, 15) is 5.21 Å². The van der Waals surface area contributed by atoms with Crippen LogP contribution in [0.5, 0.6) is 0 Å². The monoisotopic (exact) mass is 171 g/mol. The van der Waals surface area contributed by atoms with Crippen LogP contribution >= 0.6 is 11.6 Å². The minimum Gasteiger partial charge on any atom is -0.618 e. The molecular formula is C8H10ClNO. The zero-order valence-electron chi connectivity index (χ0n) is 6.38. The first kappa shape index (κ1) is 8.34. The van der Waals surface area contributed by atoms with Crippen LogP contribution in [0.2, 0.25) is 5.15 Å². The predicted octanol–water partition coefficient (Wildman–Crippen LogP) is 1.93. The van der Waals surface area contributed by atoms with E-state index in [-0.39, 0.29) is 5.15 Å². The van der Waals surface area contributed by atoms with Crippen LogP contribution in [0, 0.1) is 5.21 Å². The fourth-order valence-corrected chi connectivity index (χ4v) is 1.14. The van der Waals surface area contributed by atoms with Gasteiger partial charge in [0.05, 0.1) is 0 Å². The first-order chi connectivity index (χ1) is 5.24. The molecule has 0 aliphatic heterocycles. The second-order valence-corrected chi connectivity index (χ2v) is 2.82. The van der Waals surface area contributed by atoms with Crippen molar-refractivity contribution in [2.24, 2.45) is 0 Å². The average Bonchev–Trinajstić information content (AvgIpc) is 1.98. The standard InChI is InChI=1S/C8H10ClNO/c1-2-3-7-4-5-10(11)8(9)6-7/h4-6H,2-3H2,1H3. The number of nitrogens with zero attached hydrogens (tertiary/aromatic N) is 1. The summed E-state index contributed by atoms with van der Waals surface area (Å²) in [5.41, 5.74) is 1.12. The fraction of sp³-hybridized carbons (Fsp3) is 0.375. The van der Waals surface area contributed by atoms with Gasteiger partial charge in [-0.2, -0.15) is 4.73 Å². The van der Waals surface area contributed by atoms with Crippen molar-refractivity contribution in [2.45, 2.75) is 19.8 Å². The van der Waals surface area contributed by atoms with Crippen molar-refractivity contribution in [3.63, 3.8) is 0 Å². The minimum absolute atomic E-state index is 0.246. The molecule has 0 aliphatic carbocycles. The van der Waals surface area contributed by atoms with E-state index in [0.717, 1.165) is 18.4 Å². The quantitative estimate of drug-likeness (QED) is 0.380. The van der Waals surface area contributed by atoms with Crippen LogP contribution in [-0.4, -0.2) is 0 Å². The van der Waals surface area contributed by atoms with Gasteiger partial charge in [0.1, 0.15) is 0 Å². The van der Waals surface area contributed by atoms with E-state index in [1.54, 1.807) is 12.1 Å². The Labute approximate surface area is 71.0 Å². The Balaban J connectivity index is 2.86. The van der Waals surface area contributed by atoms with E-state index < -0.39 is 0 Å². The lowest BCUT2D eigenvalue weighted by atomic mass is 10.2. The number of rotatable bonds is 2. The lowest BCUT2D eigenvalue weighted by Gasteiger charge is -2.00. The molecule has 0 amide bonds. The van der Waals surface area contributed by atoms with Crippen LogP contribution in [0.4, 0.5) is 0 Å². The van der Waals surface area contributed by atoms with Crippen LogP contribution in [-0.2, 0) is 6.42 Å². The van der Waals surface area contributed by atoms with E-state index in [1.807, 2.05) is 0 Å². The van der Waals surface area contributed by atoms with Crippen molar-refractivity contribution in [1.82, 2.24) is 0 Å². The zero-order valence-corrected chi connectivity index (χ0v) is 7.14. The molecule has 0 unspecified atom stereocenters. The highest BCUT2D eigenvalue weighted by Gasteiger charge is 2.01. The summed E-state index contributed by atoms with van der Waals surface area (Å²) in [7, 11) is 0. The number of hydrogen-bond donors (Lipinski definition) is 0. The summed E-state index contributed by atoms with van der Waals surface area (Å²) in [6.45, 7) is 2.09. The molecule has 0 fully saturated rings. The first-order valence-corrected chi connectivity index (χ1v) is 3.99. The summed E-state index contributed by atoms with van der Waals surface area (Å²) in [6, 6.07) is 3.50. The molecule has 0 spiro atoms. The smallest absolute Gasteiger partial charge is 0.286 e. The molecule has 1 rings (SSSR count). The van der Waals surface area contributed by atoms with Crippen LogP contribution in [0.3, 0.4) is 0 Å². The van der Waals surface area contributed by atoms with Gasteiger partial charge in [0.25, 0.3) is 5.15 Å². The minimum atomic E-state index is 0.246. The molecule has 1 heterocycles. The molecule has 0 radical (unpaired) electrons. The molecule has 0 atom stereocenters. The van der Waals surface area contributed by atoms with Crippen molar-refractivity contribution in [1.29, 1.82) is 0 Å². The molecule has 2 nitrogen and oxygen atoms in total. The summed E-state index contributed by atoms with van der Waals surface area (Å²) >= 11 is 5.60. The molecule has 60 valence electrons. The molecule has 3 heteroatoms. The van der Waals surface area contributed by atoms with Crippen molar-refractivity contribution < 1.29 is 4.73 Å². The third kappa shape index (κ3) is 2.09. The summed E-state index contributed by atoms with van der Waals surface area (Å²) in [6.07, 6.45) is 3.48. The van der Waals surface area contributed by atoms with E-state index >= 15 is 0 Å². The Bertz CT molecular complexity index is 250. The normalized spacial score (nSPS) is 10.0. The van der Waals surface area contributed by atoms with Crippen molar-refractivity contribution >= 4 is 11.6 Å². The maximum atomic E-state index is 10.8. The molecule has 0 aliphatic rings. The topological polar surface area (TPSA) is 26.9 Å². The van der Waals surface area contributed by atoms with Gasteiger partial charge >= 0.3 is 0 Å². The third-order valence-corrected chi connectivity index (χ3v) is 1.75. The molecule has 1 aromatic rings. The third-order valence-electron chi connectivity index (χ3n) is 1.48. The molecule has 0 saturated carbocycles. The molecule has 0 aromatic carbocycles. The van der Waals surface area contributed by atoms with E-state index in [4.69, 9.17) is 11.6 Å². The van der Waals surface area contributed by atoms with E-state index in [2.05, 4.69) is 6.92 Å². The zero-order chi connectivity index (χ0) is 8.27. The highest BCUT2D eigenvalue weighted by atomic mass is 35.5. The Morgan fingerprint density at radius 3 is 2.91 bits per heavy atom. The van der Waals surface area contributed by atoms with E-state index in [1.165, 1.54) is 6.20 Å². The fourth-order valence-electron chi connectivity index (χ4n) is 0.944. The van der Waals surface area contributed by atoms with Crippen molar-refractivity contribution in [3.05, 3.63) is 34.3 Å². The summed E-state index contributed by atoms with van der Waals surface area (Å²) in [5.74, 6) is 0. The molecular weight excluding hydrogens is 162 g/mol. The lowest BCUT2D eigenvalue weighted by Crippen LogP contribution is -2.26. The highest BCUT2D eigenvalue weighted by molar-refractivity contribution is 6.28. The van der Waals surface area contributed by atoms with Gasteiger partial charge in [-0.15, -0.1) is 0 Å². The van der Waals surface area contributed by atoms with E-state index in [0.29, 0.717) is 4.73 Å². The van der Waals surface area contributed by atoms with Gasteiger partial charge in [-0.1, -0.05) is 13.3 Å². The number of aromatic nitrogens is 1. The van der Waals surface area contributed by atoms with Gasteiger partial charge in [-0.25, -0.2) is 0 Å². The largest absolute Gasteiger partial charge is 0.618 e. The van der Waals surface area contributed by atoms with Gasteiger partial charge in [0.15, 0.2) is 6.20 Å². The Morgan fingerprint density at radius 1 is 1.64 bits per heavy atom. The number of pyridine rings is 1. The van der Waals surface area contributed by atoms with Gasteiger partial charge in [0, 0.05) is 12.1 Å². The van der Waals surface area contributed by atoms with Gasteiger partial charge in [-0.3, -0.25) is 0 Å². The second-order valence-electron chi connectivity index (χ2n) is 2.43. The van der Waals surface area contributed by atoms with Gasteiger partial charge < -0.3 is 5.21 Å². The summed E-state index contributed by atoms with van der Waals surface area (Å²) in [4.78, 5) is 0. The maximum Gasteiger partial charge on any atom is 0.286 e. The van der Waals surface area contributed by atoms with Crippen molar-refractivity contribution in [2.75, 3.05) is 0 Å². The number of halogens is 1. The SMILES string of the molecule is CCCc1cc[n+]([O-])c(Cl)c1.